The molecule has 1 atom stereocenters. The normalized spacial score (nSPS) is 13.6. The van der Waals surface area contributed by atoms with Gasteiger partial charge in [-0.05, 0) is 37.6 Å². The minimum atomic E-state index is -3.17. The van der Waals surface area contributed by atoms with E-state index in [4.69, 9.17) is 4.52 Å². The van der Waals surface area contributed by atoms with E-state index in [0.717, 1.165) is 12.0 Å². The first-order chi connectivity index (χ1) is 11.2. The van der Waals surface area contributed by atoms with Crippen molar-refractivity contribution in [3.8, 4) is 0 Å². The summed E-state index contributed by atoms with van der Waals surface area (Å²) < 4.78 is 28.3. The third-order valence-corrected chi connectivity index (χ3v) is 5.06. The lowest BCUT2D eigenvalue weighted by atomic mass is 10.1. The van der Waals surface area contributed by atoms with Crippen molar-refractivity contribution in [1.29, 1.82) is 0 Å². The smallest absolute Gasteiger partial charge is 0.226 e. The van der Waals surface area contributed by atoms with Gasteiger partial charge in [0.25, 0.3) is 0 Å². The molecule has 1 aromatic heterocycles. The van der Waals surface area contributed by atoms with Crippen molar-refractivity contribution >= 4 is 9.84 Å². The molecule has 0 aliphatic heterocycles. The molecule has 132 valence electrons. The summed E-state index contributed by atoms with van der Waals surface area (Å²) in [6.45, 7) is 6.84. The molecule has 1 aromatic carbocycles. The molecule has 0 radical (unpaired) electrons. The number of rotatable bonds is 7. The molecule has 0 saturated carbocycles. The van der Waals surface area contributed by atoms with Gasteiger partial charge in [-0.25, -0.2) is 8.42 Å². The Bertz CT molecular complexity index is 767. The second-order valence-corrected chi connectivity index (χ2v) is 8.65. The molecule has 0 unspecified atom stereocenters. The van der Waals surface area contributed by atoms with Gasteiger partial charge in [-0.15, -0.1) is 0 Å². The number of benzene rings is 1. The molecule has 7 heteroatoms. The maximum atomic E-state index is 11.5. The van der Waals surface area contributed by atoms with Gasteiger partial charge in [0.15, 0.2) is 15.7 Å². The number of hydrogen-bond donors (Lipinski definition) is 0. The largest absolute Gasteiger partial charge is 0.339 e. The van der Waals surface area contributed by atoms with Crippen LogP contribution in [-0.4, -0.2) is 36.8 Å². The Balaban J connectivity index is 2.03. The predicted octanol–water partition coefficient (Wildman–Crippen LogP) is 2.86. The fourth-order valence-electron chi connectivity index (χ4n) is 2.39. The van der Waals surface area contributed by atoms with Crippen LogP contribution in [-0.2, 0) is 22.8 Å². The van der Waals surface area contributed by atoms with Crippen molar-refractivity contribution in [3.05, 3.63) is 41.5 Å². The molecule has 0 saturated heterocycles. The zero-order valence-corrected chi connectivity index (χ0v) is 15.7. The Hall–Kier alpha value is -1.73. The average molecular weight is 351 g/mol. The molecule has 6 nitrogen and oxygen atoms in total. The number of hydrogen-bond acceptors (Lipinski definition) is 6. The summed E-state index contributed by atoms with van der Waals surface area (Å²) in [6, 6.07) is 7.08. The van der Waals surface area contributed by atoms with Gasteiger partial charge in [0, 0.05) is 18.7 Å². The van der Waals surface area contributed by atoms with Crippen LogP contribution in [0.25, 0.3) is 0 Å². The predicted molar refractivity (Wildman–Crippen MR) is 92.3 cm³/mol. The standard InChI is InChI=1S/C17H25N3O3S/c1-12(2)10-17-18-16(19-23-17)11-20(4)13(3)14-6-8-15(9-7-14)24(5,21)22/h6-9,12-13H,10-11H2,1-5H3/t13-/m0/s1. The van der Waals surface area contributed by atoms with Gasteiger partial charge in [0.2, 0.25) is 5.89 Å². The van der Waals surface area contributed by atoms with Crippen molar-refractivity contribution in [3.63, 3.8) is 0 Å². The SMILES string of the molecule is CC(C)Cc1nc(CN(C)[C@@H](C)c2ccc(S(C)(=O)=O)cc2)no1. The maximum Gasteiger partial charge on any atom is 0.226 e. The van der Waals surface area contributed by atoms with Crippen LogP contribution >= 0.6 is 0 Å². The minimum absolute atomic E-state index is 0.102. The van der Waals surface area contributed by atoms with Crippen LogP contribution in [0.3, 0.4) is 0 Å². The van der Waals surface area contributed by atoms with Crippen molar-refractivity contribution < 1.29 is 12.9 Å². The number of sulfone groups is 1. The minimum Gasteiger partial charge on any atom is -0.339 e. The Morgan fingerprint density at radius 3 is 2.33 bits per heavy atom. The van der Waals surface area contributed by atoms with Crippen molar-refractivity contribution in [2.75, 3.05) is 13.3 Å². The highest BCUT2D eigenvalue weighted by atomic mass is 32.2. The first-order valence-electron chi connectivity index (χ1n) is 7.98. The summed E-state index contributed by atoms with van der Waals surface area (Å²) >= 11 is 0. The third-order valence-electron chi connectivity index (χ3n) is 3.94. The van der Waals surface area contributed by atoms with E-state index < -0.39 is 9.84 Å². The molecular weight excluding hydrogens is 326 g/mol. The first-order valence-corrected chi connectivity index (χ1v) is 9.87. The first kappa shape index (κ1) is 18.6. The van der Waals surface area contributed by atoms with E-state index in [1.54, 1.807) is 12.1 Å². The number of aromatic nitrogens is 2. The van der Waals surface area contributed by atoms with Crippen molar-refractivity contribution in [2.45, 2.75) is 44.7 Å². The van der Waals surface area contributed by atoms with Crippen molar-refractivity contribution in [1.82, 2.24) is 15.0 Å². The second kappa shape index (κ2) is 7.44. The lowest BCUT2D eigenvalue weighted by Crippen LogP contribution is -2.22. The van der Waals surface area contributed by atoms with E-state index in [-0.39, 0.29) is 6.04 Å². The van der Waals surface area contributed by atoms with Gasteiger partial charge in [0.05, 0.1) is 11.4 Å². The van der Waals surface area contributed by atoms with E-state index in [1.165, 1.54) is 6.26 Å². The Morgan fingerprint density at radius 1 is 1.17 bits per heavy atom. The van der Waals surface area contributed by atoms with E-state index in [1.807, 2.05) is 19.2 Å². The summed E-state index contributed by atoms with van der Waals surface area (Å²) in [5.74, 6) is 1.80. The van der Waals surface area contributed by atoms with Crippen LogP contribution in [0.4, 0.5) is 0 Å². The van der Waals surface area contributed by atoms with E-state index in [0.29, 0.717) is 29.1 Å². The lowest BCUT2D eigenvalue weighted by Gasteiger charge is -2.23. The summed E-state index contributed by atoms with van der Waals surface area (Å²) in [6.07, 6.45) is 1.99. The van der Waals surface area contributed by atoms with Crippen LogP contribution in [0.5, 0.6) is 0 Å². The Morgan fingerprint density at radius 2 is 1.79 bits per heavy atom. The summed E-state index contributed by atoms with van der Waals surface area (Å²) in [5.41, 5.74) is 1.04. The molecule has 0 amide bonds. The van der Waals surface area contributed by atoms with Crippen LogP contribution in [0.1, 0.15) is 44.1 Å². The summed E-state index contributed by atoms with van der Waals surface area (Å²) in [4.78, 5) is 6.84. The molecule has 0 N–H and O–H groups in total. The van der Waals surface area contributed by atoms with E-state index in [9.17, 15) is 8.42 Å². The average Bonchev–Trinajstić information content (AvgIpc) is 2.92. The molecule has 0 aliphatic carbocycles. The summed E-state index contributed by atoms with van der Waals surface area (Å²) in [7, 11) is -1.19. The Kier molecular flexibility index (Phi) is 5.77. The van der Waals surface area contributed by atoms with Gasteiger partial charge in [-0.2, -0.15) is 4.98 Å². The van der Waals surface area contributed by atoms with Crippen molar-refractivity contribution in [2.24, 2.45) is 5.92 Å². The molecule has 2 aromatic rings. The van der Waals surface area contributed by atoms with Crippen LogP contribution in [0.15, 0.2) is 33.7 Å². The number of nitrogens with zero attached hydrogens (tertiary/aromatic N) is 3. The maximum absolute atomic E-state index is 11.5. The molecule has 1 heterocycles. The van der Waals surface area contributed by atoms with Crippen LogP contribution < -0.4 is 0 Å². The molecule has 24 heavy (non-hydrogen) atoms. The molecule has 2 rings (SSSR count). The molecule has 0 bridgehead atoms. The second-order valence-electron chi connectivity index (χ2n) is 6.63. The van der Waals surface area contributed by atoms with Crippen LogP contribution in [0, 0.1) is 5.92 Å². The molecule has 0 aliphatic rings. The fraction of sp³-hybridized carbons (Fsp3) is 0.529. The van der Waals surface area contributed by atoms with E-state index in [2.05, 4.69) is 35.8 Å². The van der Waals surface area contributed by atoms with Gasteiger partial charge >= 0.3 is 0 Å². The molecular formula is C17H25N3O3S. The highest BCUT2D eigenvalue weighted by Gasteiger charge is 2.16. The molecule has 0 spiro atoms. The topological polar surface area (TPSA) is 76.3 Å². The highest BCUT2D eigenvalue weighted by Crippen LogP contribution is 2.22. The van der Waals surface area contributed by atoms with Gasteiger partial charge in [-0.1, -0.05) is 31.1 Å². The van der Waals surface area contributed by atoms with Gasteiger partial charge in [-0.3, -0.25) is 4.90 Å². The fourth-order valence-corrected chi connectivity index (χ4v) is 3.03. The quantitative estimate of drug-likeness (QED) is 0.763. The Labute approximate surface area is 143 Å². The zero-order valence-electron chi connectivity index (χ0n) is 14.9. The third kappa shape index (κ3) is 4.88. The van der Waals surface area contributed by atoms with Gasteiger partial charge in [0.1, 0.15) is 0 Å². The summed E-state index contributed by atoms with van der Waals surface area (Å²) in [5, 5.41) is 4.02. The molecule has 0 fully saturated rings. The highest BCUT2D eigenvalue weighted by molar-refractivity contribution is 7.90. The van der Waals surface area contributed by atoms with Crippen LogP contribution in [0.2, 0.25) is 0 Å². The van der Waals surface area contributed by atoms with Gasteiger partial charge < -0.3 is 4.52 Å². The lowest BCUT2D eigenvalue weighted by molar-refractivity contribution is 0.242. The zero-order chi connectivity index (χ0) is 17.9. The van der Waals surface area contributed by atoms with E-state index >= 15 is 0 Å². The monoisotopic (exact) mass is 351 g/mol.